The van der Waals surface area contributed by atoms with Crippen molar-refractivity contribution >= 4 is 73.9 Å². The number of nitrogen functional groups attached to an aromatic ring is 1. The van der Waals surface area contributed by atoms with Crippen molar-refractivity contribution in [1.29, 1.82) is 0 Å². The zero-order valence-electron chi connectivity index (χ0n) is 12.1. The molecule has 15 heteroatoms. The maximum atomic E-state index is 12.2. The number of carbonyl (C=O) groups excluding carboxylic acids is 2. The maximum absolute atomic E-state index is 12.2. The van der Waals surface area contributed by atoms with Crippen LogP contribution in [0, 0.1) is 0 Å². The second-order valence-electron chi connectivity index (χ2n) is 4.51. The summed E-state index contributed by atoms with van der Waals surface area (Å²) in [5, 5.41) is 16.5. The predicted molar refractivity (Wildman–Crippen MR) is 88.4 cm³/mol. The molecule has 0 aromatic carbocycles. The molecule has 12 nitrogen and oxygen atoms in total. The van der Waals surface area contributed by atoms with E-state index >= 15 is 0 Å². The van der Waals surface area contributed by atoms with Crippen LogP contribution in [0.25, 0.3) is 0 Å². The van der Waals surface area contributed by atoms with E-state index in [2.05, 4.69) is 20.3 Å². The minimum absolute atomic E-state index is 0. The molecule has 1 aliphatic heterocycles. The number of oxime groups is 1. The van der Waals surface area contributed by atoms with Gasteiger partial charge in [0.05, 0.1) is 6.61 Å². The van der Waals surface area contributed by atoms with Gasteiger partial charge in [-0.25, -0.2) is 9.29 Å². The molecular formula is C10H14N5NaO7S2. The summed E-state index contributed by atoms with van der Waals surface area (Å²) in [5.41, 5.74) is 5.28. The van der Waals surface area contributed by atoms with Crippen LogP contribution in [0.2, 0.25) is 0 Å². The molecule has 2 unspecified atom stereocenters. The average Bonchev–Trinajstić information content (AvgIpc) is 2.91. The fourth-order valence-electron chi connectivity index (χ4n) is 2.04. The summed E-state index contributed by atoms with van der Waals surface area (Å²) in [6.07, 6.45) is 0. The Kier molecular flexibility index (Phi) is 7.30. The molecule has 1 aromatic rings. The van der Waals surface area contributed by atoms with Gasteiger partial charge in [-0.15, -0.1) is 11.3 Å². The number of β-lactam (4-membered cyclic amide) rings is 1. The van der Waals surface area contributed by atoms with Crippen LogP contribution in [0.5, 0.6) is 0 Å². The average molecular weight is 403 g/mol. The van der Waals surface area contributed by atoms with E-state index in [1.165, 1.54) is 12.5 Å². The van der Waals surface area contributed by atoms with E-state index in [0.29, 0.717) is 0 Å². The number of anilines is 1. The Balaban J connectivity index is 0.00000312. The number of carbonyl (C=O) groups is 2. The summed E-state index contributed by atoms with van der Waals surface area (Å²) in [4.78, 5) is 32.4. The Morgan fingerprint density at radius 1 is 1.60 bits per heavy atom. The molecule has 1 aromatic heterocycles. The number of nitrogens with zero attached hydrogens (tertiary/aromatic N) is 3. The summed E-state index contributed by atoms with van der Waals surface area (Å²) in [6.45, 7) is -0.795. The van der Waals surface area contributed by atoms with Gasteiger partial charge in [0.2, 0.25) is 0 Å². The SMILES string of the molecule is CO/N=C(\C(=O)NC1C(=O)N(S(=O)(=O)O)C1CO)c1csc(N)n1.[NaH]. The minimum atomic E-state index is -4.83. The molecule has 25 heavy (non-hydrogen) atoms. The molecule has 1 fully saturated rings. The van der Waals surface area contributed by atoms with Crippen LogP contribution in [-0.2, 0) is 24.7 Å². The topological polar surface area (TPSA) is 185 Å². The summed E-state index contributed by atoms with van der Waals surface area (Å²) in [5.74, 6) is -1.99. The number of rotatable bonds is 6. The Bertz CT molecular complexity index is 795. The third-order valence-electron chi connectivity index (χ3n) is 3.05. The van der Waals surface area contributed by atoms with Gasteiger partial charge in [0.1, 0.15) is 24.9 Å². The number of aliphatic hydroxyl groups excluding tert-OH is 1. The molecule has 134 valence electrons. The number of aliphatic hydroxyl groups is 1. The molecule has 5 N–H and O–H groups in total. The molecule has 0 saturated carbocycles. The number of thiazole rings is 1. The molecule has 2 heterocycles. The fourth-order valence-corrected chi connectivity index (χ4v) is 3.46. The van der Waals surface area contributed by atoms with Gasteiger partial charge in [0.25, 0.3) is 11.8 Å². The van der Waals surface area contributed by atoms with Crippen molar-refractivity contribution in [3.05, 3.63) is 11.1 Å². The van der Waals surface area contributed by atoms with Crippen molar-refractivity contribution in [2.45, 2.75) is 12.1 Å². The number of hydrogen-bond donors (Lipinski definition) is 4. The van der Waals surface area contributed by atoms with Gasteiger partial charge in [0.15, 0.2) is 10.8 Å². The van der Waals surface area contributed by atoms with Crippen LogP contribution in [0.3, 0.4) is 0 Å². The molecule has 0 bridgehead atoms. The molecule has 0 radical (unpaired) electrons. The van der Waals surface area contributed by atoms with Crippen molar-refractivity contribution in [3.8, 4) is 0 Å². The second-order valence-corrected chi connectivity index (χ2v) is 6.69. The number of amides is 2. The first-order valence-corrected chi connectivity index (χ1v) is 8.53. The van der Waals surface area contributed by atoms with Crippen molar-refractivity contribution in [2.75, 3.05) is 19.5 Å². The van der Waals surface area contributed by atoms with Gasteiger partial charge < -0.3 is 21.0 Å². The molecular weight excluding hydrogens is 389 g/mol. The molecule has 0 aliphatic carbocycles. The Morgan fingerprint density at radius 2 is 2.24 bits per heavy atom. The Morgan fingerprint density at radius 3 is 2.68 bits per heavy atom. The summed E-state index contributed by atoms with van der Waals surface area (Å²) in [7, 11) is -3.65. The number of aromatic nitrogens is 1. The predicted octanol–water partition coefficient (Wildman–Crippen LogP) is -3.08. The van der Waals surface area contributed by atoms with Gasteiger partial charge in [0, 0.05) is 5.38 Å². The quantitative estimate of drug-likeness (QED) is 0.126. The Labute approximate surface area is 168 Å². The van der Waals surface area contributed by atoms with Crippen LogP contribution in [0.1, 0.15) is 5.69 Å². The van der Waals surface area contributed by atoms with Crippen molar-refractivity contribution in [1.82, 2.24) is 14.6 Å². The van der Waals surface area contributed by atoms with Crippen LogP contribution in [-0.4, -0.2) is 100 Å². The number of nitrogens with one attached hydrogen (secondary N) is 1. The summed E-state index contributed by atoms with van der Waals surface area (Å²) >= 11 is 1.05. The van der Waals surface area contributed by atoms with Crippen LogP contribution in [0.15, 0.2) is 10.5 Å². The van der Waals surface area contributed by atoms with E-state index in [1.54, 1.807) is 0 Å². The monoisotopic (exact) mass is 403 g/mol. The first-order chi connectivity index (χ1) is 11.2. The Hall–Kier alpha value is -1.29. The van der Waals surface area contributed by atoms with Crippen LogP contribution < -0.4 is 11.1 Å². The van der Waals surface area contributed by atoms with Crippen LogP contribution in [0.4, 0.5) is 5.13 Å². The fraction of sp³-hybridized carbons (Fsp3) is 0.400. The normalized spacial score (nSPS) is 20.5. The molecule has 2 amide bonds. The van der Waals surface area contributed by atoms with E-state index in [4.69, 9.17) is 10.3 Å². The third-order valence-corrected chi connectivity index (χ3v) is 4.68. The van der Waals surface area contributed by atoms with E-state index < -0.39 is 40.8 Å². The standard InChI is InChI=1S/C10H13N5O7S2.Na.H/c1-22-14-6(4-3-23-10(11)12-4)8(17)13-7-5(2-16)15(9(7)18)24(19,20)21;;/h3,5,7,16H,2H2,1H3,(H2,11,12)(H,13,17)(H,19,20,21);;/b14-6-;;. The zero-order chi connectivity index (χ0) is 18.1. The van der Waals surface area contributed by atoms with Gasteiger partial charge in [-0.05, 0) is 0 Å². The van der Waals surface area contributed by atoms with Gasteiger partial charge in [-0.3, -0.25) is 14.1 Å². The van der Waals surface area contributed by atoms with E-state index in [9.17, 15) is 23.1 Å². The van der Waals surface area contributed by atoms with Crippen molar-refractivity contribution < 1.29 is 32.5 Å². The third kappa shape index (κ3) is 4.46. The molecule has 1 saturated heterocycles. The van der Waals surface area contributed by atoms with Gasteiger partial charge >= 0.3 is 39.9 Å². The number of hydrogen-bond acceptors (Lipinski definition) is 10. The first-order valence-electron chi connectivity index (χ1n) is 6.25. The summed E-state index contributed by atoms with van der Waals surface area (Å²) in [6, 6.07) is -2.69. The van der Waals surface area contributed by atoms with E-state index in [-0.39, 0.29) is 50.4 Å². The van der Waals surface area contributed by atoms with Crippen molar-refractivity contribution in [3.63, 3.8) is 0 Å². The molecule has 2 rings (SSSR count). The van der Waals surface area contributed by atoms with E-state index in [1.807, 2.05) is 0 Å². The van der Waals surface area contributed by atoms with Crippen molar-refractivity contribution in [2.24, 2.45) is 5.16 Å². The van der Waals surface area contributed by atoms with Gasteiger partial charge in [-0.1, -0.05) is 5.16 Å². The van der Waals surface area contributed by atoms with E-state index in [0.717, 1.165) is 11.3 Å². The van der Waals surface area contributed by atoms with Crippen LogP contribution >= 0.6 is 11.3 Å². The number of nitrogens with two attached hydrogens (primary N) is 1. The zero-order valence-corrected chi connectivity index (χ0v) is 13.7. The first kappa shape index (κ1) is 21.8. The van der Waals surface area contributed by atoms with Gasteiger partial charge in [-0.2, -0.15) is 8.42 Å². The molecule has 2 atom stereocenters. The second kappa shape index (κ2) is 8.39. The molecule has 1 aliphatic rings. The molecule has 0 spiro atoms. The summed E-state index contributed by atoms with van der Waals surface area (Å²) < 4.78 is 31.1.